The van der Waals surface area contributed by atoms with Crippen LogP contribution in [0.25, 0.3) is 22.8 Å². The van der Waals surface area contributed by atoms with Crippen molar-refractivity contribution in [1.82, 2.24) is 29.1 Å². The van der Waals surface area contributed by atoms with Crippen molar-refractivity contribution < 1.29 is 19.1 Å². The minimum Gasteiger partial charge on any atom is -0.458 e. The second-order valence-corrected chi connectivity index (χ2v) is 9.54. The Morgan fingerprint density at radius 2 is 1.97 bits per heavy atom. The third-order valence-electron chi connectivity index (χ3n) is 5.33. The van der Waals surface area contributed by atoms with Crippen molar-refractivity contribution in [3.63, 3.8) is 0 Å². The molecule has 0 saturated carbocycles. The fourth-order valence-corrected chi connectivity index (χ4v) is 5.43. The smallest absolute Gasteiger partial charge is 0.303 e. The van der Waals surface area contributed by atoms with E-state index in [2.05, 4.69) is 33.7 Å². The molecule has 12 heteroatoms. The highest BCUT2D eigenvalue weighted by atomic mass is 35.5. The maximum absolute atomic E-state index is 12.0. The molecule has 10 nitrogen and oxygen atoms in total. The van der Waals surface area contributed by atoms with E-state index in [9.17, 15) is 9.59 Å². The van der Waals surface area contributed by atoms with Gasteiger partial charge in [-0.15, -0.1) is 11.8 Å². The zero-order chi connectivity index (χ0) is 25.1. The van der Waals surface area contributed by atoms with Crippen LogP contribution in [0.2, 0.25) is 5.15 Å². The molecule has 0 unspecified atom stereocenters. The van der Waals surface area contributed by atoms with Crippen LogP contribution in [0.5, 0.6) is 0 Å². The Morgan fingerprint density at radius 1 is 1.20 bits per heavy atom. The molecule has 4 heterocycles. The first-order chi connectivity index (χ1) is 16.8. The summed E-state index contributed by atoms with van der Waals surface area (Å²) in [7, 11) is 1.84. The highest BCUT2D eigenvalue weighted by Crippen LogP contribution is 2.44. The van der Waals surface area contributed by atoms with E-state index in [4.69, 9.17) is 26.1 Å². The highest BCUT2D eigenvalue weighted by molar-refractivity contribution is 7.99. The number of imidazole rings is 2. The van der Waals surface area contributed by atoms with E-state index in [1.807, 2.05) is 16.2 Å². The summed E-state index contributed by atoms with van der Waals surface area (Å²) >= 11 is 7.99. The average molecular weight is 517 g/mol. The number of hydrogen-bond donors (Lipinski definition) is 0. The van der Waals surface area contributed by atoms with Gasteiger partial charge in [0.05, 0.1) is 0 Å². The molecule has 0 spiro atoms. The van der Waals surface area contributed by atoms with E-state index < -0.39 is 29.5 Å². The lowest BCUT2D eigenvalue weighted by atomic mass is 10.2. The third kappa shape index (κ3) is 5.28. The van der Waals surface area contributed by atoms with Crippen LogP contribution >= 0.6 is 23.4 Å². The van der Waals surface area contributed by atoms with Crippen LogP contribution in [-0.2, 0) is 26.1 Å². The van der Waals surface area contributed by atoms with Crippen LogP contribution in [0.15, 0.2) is 12.4 Å². The van der Waals surface area contributed by atoms with Gasteiger partial charge in [-0.2, -0.15) is 0 Å². The number of fused-ring (bicyclic) bond motifs is 1. The molecule has 35 heavy (non-hydrogen) atoms. The van der Waals surface area contributed by atoms with Crippen LogP contribution in [0, 0.1) is 11.8 Å². The number of carbonyl (C=O) groups excluding carboxylic acids is 2. The van der Waals surface area contributed by atoms with E-state index in [-0.39, 0.29) is 11.0 Å². The van der Waals surface area contributed by atoms with Gasteiger partial charge in [-0.05, 0) is 12.3 Å². The number of aromatic nitrogens is 6. The highest BCUT2D eigenvalue weighted by Gasteiger charge is 2.45. The molecule has 1 aliphatic heterocycles. The Balaban J connectivity index is 1.90. The Labute approximate surface area is 211 Å². The third-order valence-corrected chi connectivity index (χ3v) is 6.93. The minimum atomic E-state index is -0.773. The van der Waals surface area contributed by atoms with Gasteiger partial charge >= 0.3 is 11.9 Å². The largest absolute Gasteiger partial charge is 0.458 e. The summed E-state index contributed by atoms with van der Waals surface area (Å²) in [5.41, 5.74) is 0.808. The lowest BCUT2D eigenvalue weighted by Gasteiger charge is -2.25. The van der Waals surface area contributed by atoms with Crippen LogP contribution < -0.4 is 0 Å². The lowest BCUT2D eigenvalue weighted by Crippen LogP contribution is -2.36. The molecule has 1 aliphatic rings. The number of esters is 2. The first-order valence-electron chi connectivity index (χ1n) is 11.2. The Kier molecular flexibility index (Phi) is 7.62. The van der Waals surface area contributed by atoms with Gasteiger partial charge in [0, 0.05) is 45.5 Å². The van der Waals surface area contributed by atoms with Crippen molar-refractivity contribution in [2.24, 2.45) is 7.05 Å². The lowest BCUT2D eigenvalue weighted by molar-refractivity contribution is -0.163. The predicted octanol–water partition coefficient (Wildman–Crippen LogP) is 3.53. The molecule has 184 valence electrons. The van der Waals surface area contributed by atoms with Crippen molar-refractivity contribution in [3.05, 3.63) is 23.4 Å². The molecule has 1 saturated heterocycles. The normalized spacial score (nSPS) is 19.4. The maximum Gasteiger partial charge on any atom is 0.303 e. The molecule has 3 aromatic rings. The van der Waals surface area contributed by atoms with Crippen LogP contribution in [0.4, 0.5) is 0 Å². The standard InChI is InChI=1S/C23H25ClN6O4S/c1-5-6-7-8-9-16-26-19(24)17-20(27-16)30(22(28-17)21-25-10-11-29(21)4)23-18(34-14(3)32)15(12-35-23)33-13(2)31/h10-11,15,18,23H,5-7,12H2,1-4H3/t15-,18-,23-/m1/s1. The van der Waals surface area contributed by atoms with Gasteiger partial charge in [-0.25, -0.2) is 19.9 Å². The number of hydrogen-bond acceptors (Lipinski definition) is 9. The van der Waals surface area contributed by atoms with E-state index in [1.165, 1.54) is 25.6 Å². The summed E-state index contributed by atoms with van der Waals surface area (Å²) < 4.78 is 14.8. The SMILES string of the molecule is CCCCC#Cc1nc(Cl)c2nc(-c3nccn3C)n([C@@H]3SC[C@@H](OC(C)=O)[C@H]3OC(C)=O)c2n1. The first kappa shape index (κ1) is 25.0. The van der Waals surface area contributed by atoms with Crippen molar-refractivity contribution in [1.29, 1.82) is 0 Å². The summed E-state index contributed by atoms with van der Waals surface area (Å²) in [5.74, 6) is 6.85. The van der Waals surface area contributed by atoms with Crippen LogP contribution in [-0.4, -0.2) is 59.0 Å². The summed E-state index contributed by atoms with van der Waals surface area (Å²) in [6.07, 6.45) is 4.78. The van der Waals surface area contributed by atoms with Gasteiger partial charge < -0.3 is 14.0 Å². The number of halogens is 1. The number of rotatable bonds is 6. The fourth-order valence-electron chi connectivity index (χ4n) is 3.81. The Hall–Kier alpha value is -3.10. The van der Waals surface area contributed by atoms with Crippen LogP contribution in [0.1, 0.15) is 51.2 Å². The maximum atomic E-state index is 12.0. The average Bonchev–Trinajstić information content (AvgIpc) is 3.48. The van der Waals surface area contributed by atoms with Gasteiger partial charge in [0.2, 0.25) is 5.82 Å². The molecule has 1 fully saturated rings. The zero-order valence-electron chi connectivity index (χ0n) is 19.8. The summed E-state index contributed by atoms with van der Waals surface area (Å²) in [5, 5.41) is -0.348. The summed E-state index contributed by atoms with van der Waals surface area (Å²) in [6.45, 7) is 4.74. The number of thioether (sulfide) groups is 1. The number of carbonyl (C=O) groups is 2. The second-order valence-electron chi connectivity index (χ2n) is 8.03. The number of nitrogens with zero attached hydrogens (tertiary/aromatic N) is 6. The van der Waals surface area contributed by atoms with Crippen molar-refractivity contribution in [2.45, 2.75) is 57.6 Å². The fraction of sp³-hybridized carbons (Fsp3) is 0.478. The quantitative estimate of drug-likeness (QED) is 0.210. The summed E-state index contributed by atoms with van der Waals surface area (Å²) in [4.78, 5) is 41.9. The van der Waals surface area contributed by atoms with E-state index in [0.717, 1.165) is 19.3 Å². The molecule has 0 bridgehead atoms. The first-order valence-corrected chi connectivity index (χ1v) is 12.6. The molecule has 0 N–H and O–H groups in total. The zero-order valence-corrected chi connectivity index (χ0v) is 21.4. The molecular formula is C23H25ClN6O4S. The monoisotopic (exact) mass is 516 g/mol. The second kappa shape index (κ2) is 10.7. The topological polar surface area (TPSA) is 114 Å². The molecule has 0 aromatic carbocycles. The van der Waals surface area contributed by atoms with Crippen molar-refractivity contribution in [3.8, 4) is 23.5 Å². The van der Waals surface area contributed by atoms with Gasteiger partial charge in [-0.1, -0.05) is 30.9 Å². The van der Waals surface area contributed by atoms with Gasteiger partial charge in [0.25, 0.3) is 0 Å². The molecule has 3 aromatic heterocycles. The molecule has 4 rings (SSSR count). The van der Waals surface area contributed by atoms with E-state index in [0.29, 0.717) is 28.6 Å². The Bertz CT molecular complexity index is 1330. The molecule has 3 atom stereocenters. The van der Waals surface area contributed by atoms with Gasteiger partial charge in [0.1, 0.15) is 10.9 Å². The molecule has 0 radical (unpaired) electrons. The Morgan fingerprint density at radius 3 is 2.63 bits per heavy atom. The number of ether oxygens (including phenoxy) is 2. The number of aryl methyl sites for hydroxylation is 1. The van der Waals surface area contributed by atoms with E-state index >= 15 is 0 Å². The minimum absolute atomic E-state index is 0.160. The predicted molar refractivity (Wildman–Crippen MR) is 132 cm³/mol. The number of unbranched alkanes of at least 4 members (excludes halogenated alkanes) is 2. The van der Waals surface area contributed by atoms with Crippen LogP contribution in [0.3, 0.4) is 0 Å². The van der Waals surface area contributed by atoms with E-state index in [1.54, 1.807) is 12.4 Å². The molecule has 0 aliphatic carbocycles. The van der Waals surface area contributed by atoms with Crippen molar-refractivity contribution >= 4 is 46.5 Å². The molecule has 0 amide bonds. The van der Waals surface area contributed by atoms with Crippen molar-refractivity contribution in [2.75, 3.05) is 5.75 Å². The van der Waals surface area contributed by atoms with Gasteiger partial charge in [0.15, 0.2) is 34.7 Å². The summed E-state index contributed by atoms with van der Waals surface area (Å²) in [6, 6.07) is 0. The van der Waals surface area contributed by atoms with Gasteiger partial charge in [-0.3, -0.25) is 14.2 Å². The molecular weight excluding hydrogens is 492 g/mol.